The summed E-state index contributed by atoms with van der Waals surface area (Å²) < 4.78 is 4.82. The van der Waals surface area contributed by atoms with E-state index < -0.39 is 5.97 Å². The van der Waals surface area contributed by atoms with Crippen LogP contribution in [0.5, 0.6) is 0 Å². The Labute approximate surface area is 84.2 Å². The van der Waals surface area contributed by atoms with E-state index in [0.717, 1.165) is 0 Å². The summed E-state index contributed by atoms with van der Waals surface area (Å²) in [4.78, 5) is 22.0. The maximum atomic E-state index is 11.0. The fourth-order valence-corrected chi connectivity index (χ4v) is 0.770. The van der Waals surface area contributed by atoms with Gasteiger partial charge in [-0.2, -0.15) is 0 Å². The van der Waals surface area contributed by atoms with Crippen molar-refractivity contribution in [2.75, 3.05) is 6.54 Å². The largest absolute Gasteiger partial charge is 0.462 e. The molecule has 0 saturated carbocycles. The molecule has 5 nitrogen and oxygen atoms in total. The minimum absolute atomic E-state index is 0.0520. The molecule has 0 unspecified atom stereocenters. The molecule has 0 aliphatic rings. The van der Waals surface area contributed by atoms with E-state index in [4.69, 9.17) is 4.74 Å². The van der Waals surface area contributed by atoms with E-state index in [1.165, 1.54) is 0 Å². The van der Waals surface area contributed by atoms with Gasteiger partial charge in [0, 0.05) is 6.04 Å². The summed E-state index contributed by atoms with van der Waals surface area (Å²) in [5.74, 6) is -0.432. The minimum atomic E-state index is -0.432. The first-order valence-electron chi connectivity index (χ1n) is 4.65. The van der Waals surface area contributed by atoms with Gasteiger partial charge in [0.2, 0.25) is 0 Å². The first-order valence-corrected chi connectivity index (χ1v) is 4.65. The van der Waals surface area contributed by atoms with E-state index >= 15 is 0 Å². The van der Waals surface area contributed by atoms with E-state index in [1.807, 2.05) is 13.8 Å². The average Bonchev–Trinajstić information content (AvgIpc) is 1.98. The normalized spacial score (nSPS) is 10.1. The zero-order valence-corrected chi connectivity index (χ0v) is 9.09. The molecule has 0 bridgehead atoms. The Kier molecular flexibility index (Phi) is 5.67. The van der Waals surface area contributed by atoms with Crippen LogP contribution in [0.4, 0.5) is 4.79 Å². The Bertz CT molecular complexity index is 180. The van der Waals surface area contributed by atoms with Crippen LogP contribution < -0.4 is 10.6 Å². The third-order valence-corrected chi connectivity index (χ3v) is 1.18. The van der Waals surface area contributed by atoms with Gasteiger partial charge < -0.3 is 15.4 Å². The van der Waals surface area contributed by atoms with Crippen molar-refractivity contribution in [2.24, 2.45) is 0 Å². The maximum Gasteiger partial charge on any atom is 0.325 e. The Morgan fingerprint density at radius 1 is 1.21 bits per heavy atom. The number of carbonyl (C=O) groups excluding carboxylic acids is 2. The number of rotatable bonds is 4. The third kappa shape index (κ3) is 7.39. The molecule has 5 heteroatoms. The van der Waals surface area contributed by atoms with Crippen LogP contribution in [0.2, 0.25) is 0 Å². The van der Waals surface area contributed by atoms with Crippen molar-refractivity contribution in [2.45, 2.75) is 39.8 Å². The molecule has 0 spiro atoms. The quantitative estimate of drug-likeness (QED) is 0.657. The molecule has 0 aromatic heterocycles. The number of hydrogen-bond acceptors (Lipinski definition) is 3. The molecule has 0 aliphatic carbocycles. The van der Waals surface area contributed by atoms with Gasteiger partial charge in [-0.15, -0.1) is 0 Å². The van der Waals surface area contributed by atoms with Crippen LogP contribution in [-0.2, 0) is 9.53 Å². The fourth-order valence-electron chi connectivity index (χ4n) is 0.770. The van der Waals surface area contributed by atoms with E-state index in [9.17, 15) is 9.59 Å². The fraction of sp³-hybridized carbons (Fsp3) is 0.778. The predicted octanol–water partition coefficient (Wildman–Crippen LogP) is 0.646. The van der Waals surface area contributed by atoms with Crippen molar-refractivity contribution >= 4 is 12.0 Å². The second-order valence-corrected chi connectivity index (χ2v) is 3.52. The summed E-state index contributed by atoms with van der Waals surface area (Å²) in [6.45, 7) is 7.09. The highest BCUT2D eigenvalue weighted by atomic mass is 16.5. The molecule has 2 amide bonds. The van der Waals surface area contributed by atoms with Crippen LogP contribution in [0, 0.1) is 0 Å². The van der Waals surface area contributed by atoms with Crippen LogP contribution in [0.3, 0.4) is 0 Å². The van der Waals surface area contributed by atoms with E-state index in [-0.39, 0.29) is 24.7 Å². The van der Waals surface area contributed by atoms with Crippen LogP contribution in [-0.4, -0.2) is 30.7 Å². The molecule has 0 aromatic rings. The van der Waals surface area contributed by atoms with Gasteiger partial charge in [0.1, 0.15) is 6.54 Å². The van der Waals surface area contributed by atoms with Crippen molar-refractivity contribution in [1.29, 1.82) is 0 Å². The van der Waals surface area contributed by atoms with Gasteiger partial charge in [0.25, 0.3) is 0 Å². The van der Waals surface area contributed by atoms with Crippen LogP contribution in [0.25, 0.3) is 0 Å². The number of esters is 1. The highest BCUT2D eigenvalue weighted by Crippen LogP contribution is 1.87. The van der Waals surface area contributed by atoms with Gasteiger partial charge in [-0.05, 0) is 27.7 Å². The van der Waals surface area contributed by atoms with Gasteiger partial charge in [0.05, 0.1) is 6.10 Å². The van der Waals surface area contributed by atoms with Crippen molar-refractivity contribution in [3.63, 3.8) is 0 Å². The summed E-state index contributed by atoms with van der Waals surface area (Å²) in [6, 6.07) is -0.308. The SMILES string of the molecule is CC(C)NC(=O)NCC(=O)OC(C)C. The molecular weight excluding hydrogens is 184 g/mol. The Hall–Kier alpha value is -1.26. The number of ether oxygens (including phenoxy) is 1. The zero-order chi connectivity index (χ0) is 11.1. The molecule has 0 saturated heterocycles. The Morgan fingerprint density at radius 2 is 1.79 bits per heavy atom. The standard InChI is InChI=1S/C9H18N2O3/c1-6(2)11-9(13)10-5-8(12)14-7(3)4/h6-7H,5H2,1-4H3,(H2,10,11,13). The minimum Gasteiger partial charge on any atom is -0.462 e. The summed E-state index contributed by atoms with van der Waals surface area (Å²) in [5.41, 5.74) is 0. The van der Waals surface area contributed by atoms with Crippen molar-refractivity contribution in [1.82, 2.24) is 10.6 Å². The number of hydrogen-bond donors (Lipinski definition) is 2. The molecule has 0 aliphatic heterocycles. The summed E-state index contributed by atoms with van der Waals surface area (Å²) in [6.07, 6.45) is -0.155. The van der Waals surface area contributed by atoms with Crippen LogP contribution in [0.15, 0.2) is 0 Å². The highest BCUT2D eigenvalue weighted by Gasteiger charge is 2.07. The monoisotopic (exact) mass is 202 g/mol. The number of urea groups is 1. The Morgan fingerprint density at radius 3 is 2.21 bits per heavy atom. The van der Waals surface area contributed by atoms with Crippen LogP contribution >= 0.6 is 0 Å². The number of nitrogens with one attached hydrogen (secondary N) is 2. The molecule has 0 aromatic carbocycles. The second kappa shape index (κ2) is 6.23. The van der Waals surface area contributed by atoms with Crippen molar-refractivity contribution in [3.05, 3.63) is 0 Å². The van der Waals surface area contributed by atoms with Gasteiger partial charge in [-0.1, -0.05) is 0 Å². The molecule has 0 heterocycles. The lowest BCUT2D eigenvalue weighted by molar-refractivity contribution is -0.146. The molecule has 0 fully saturated rings. The molecule has 82 valence electrons. The van der Waals surface area contributed by atoms with Gasteiger partial charge in [-0.25, -0.2) is 4.79 Å². The topological polar surface area (TPSA) is 67.4 Å². The Balaban J connectivity index is 3.61. The first-order chi connectivity index (χ1) is 6.41. The summed E-state index contributed by atoms with van der Waals surface area (Å²) in [7, 11) is 0. The predicted molar refractivity (Wildman–Crippen MR) is 52.9 cm³/mol. The number of carbonyl (C=O) groups is 2. The highest BCUT2D eigenvalue weighted by molar-refractivity contribution is 5.80. The molecule has 0 atom stereocenters. The van der Waals surface area contributed by atoms with E-state index in [0.29, 0.717) is 0 Å². The first kappa shape index (κ1) is 12.7. The molecule has 0 radical (unpaired) electrons. The summed E-state index contributed by atoms with van der Waals surface area (Å²) in [5, 5.41) is 4.99. The molecule has 0 rings (SSSR count). The van der Waals surface area contributed by atoms with Gasteiger partial charge in [0.15, 0.2) is 0 Å². The lowest BCUT2D eigenvalue weighted by atomic mass is 10.4. The lowest BCUT2D eigenvalue weighted by Crippen LogP contribution is -2.42. The van der Waals surface area contributed by atoms with Gasteiger partial charge >= 0.3 is 12.0 Å². The summed E-state index contributed by atoms with van der Waals surface area (Å²) >= 11 is 0. The van der Waals surface area contributed by atoms with E-state index in [1.54, 1.807) is 13.8 Å². The number of amides is 2. The zero-order valence-electron chi connectivity index (χ0n) is 9.09. The average molecular weight is 202 g/mol. The van der Waals surface area contributed by atoms with Crippen molar-refractivity contribution in [3.8, 4) is 0 Å². The van der Waals surface area contributed by atoms with Crippen LogP contribution in [0.1, 0.15) is 27.7 Å². The molecule has 2 N–H and O–H groups in total. The smallest absolute Gasteiger partial charge is 0.325 e. The molecule has 14 heavy (non-hydrogen) atoms. The third-order valence-electron chi connectivity index (χ3n) is 1.18. The lowest BCUT2D eigenvalue weighted by Gasteiger charge is -2.11. The van der Waals surface area contributed by atoms with E-state index in [2.05, 4.69) is 10.6 Å². The second-order valence-electron chi connectivity index (χ2n) is 3.52. The molecular formula is C9H18N2O3. The van der Waals surface area contributed by atoms with Crippen molar-refractivity contribution < 1.29 is 14.3 Å². The van der Waals surface area contributed by atoms with Gasteiger partial charge in [-0.3, -0.25) is 4.79 Å². The maximum absolute atomic E-state index is 11.0.